The number of benzene rings is 1. The van der Waals surface area contributed by atoms with Crippen LogP contribution in [0.3, 0.4) is 0 Å². The van der Waals surface area contributed by atoms with Crippen LogP contribution in [0.1, 0.15) is 12.0 Å². The average molecular weight is 203 g/mol. The Balaban J connectivity index is 1.97. The van der Waals surface area contributed by atoms with E-state index >= 15 is 0 Å². The number of hydrogen-bond donors (Lipinski definition) is 2. The minimum Gasteiger partial charge on any atom is -0.372 e. The molecule has 1 unspecified atom stereocenters. The third-order valence-corrected chi connectivity index (χ3v) is 2.57. The predicted molar refractivity (Wildman–Crippen MR) is 63.0 cm³/mol. The Morgan fingerprint density at radius 3 is 2.80 bits per heavy atom. The maximum absolute atomic E-state index is 6.09. The van der Waals surface area contributed by atoms with Crippen LogP contribution in [0, 0.1) is 0 Å². The standard InChI is InChI=1S/C12H17N3/c13-11(12-14-7-4-8-15-12)9-10-5-2-1-3-6-10/h1-3,5-6,11H,4,7-9,13H2,(H,14,15). The normalized spacial score (nSPS) is 17.8. The van der Waals surface area contributed by atoms with Crippen molar-refractivity contribution < 1.29 is 0 Å². The number of nitrogens with one attached hydrogen (secondary N) is 1. The molecule has 0 saturated carbocycles. The molecule has 0 amide bonds. The van der Waals surface area contributed by atoms with Crippen LogP contribution in [0.4, 0.5) is 0 Å². The molecular weight excluding hydrogens is 186 g/mol. The molecule has 15 heavy (non-hydrogen) atoms. The van der Waals surface area contributed by atoms with E-state index in [1.807, 2.05) is 18.2 Å². The molecular formula is C12H17N3. The van der Waals surface area contributed by atoms with Gasteiger partial charge in [-0.2, -0.15) is 0 Å². The summed E-state index contributed by atoms with van der Waals surface area (Å²) in [6.07, 6.45) is 1.97. The first-order valence-electron chi connectivity index (χ1n) is 5.44. The molecule has 1 atom stereocenters. The van der Waals surface area contributed by atoms with Gasteiger partial charge in [0, 0.05) is 13.1 Å². The zero-order chi connectivity index (χ0) is 10.5. The van der Waals surface area contributed by atoms with Gasteiger partial charge < -0.3 is 11.1 Å². The predicted octanol–water partition coefficient (Wildman–Crippen LogP) is 0.948. The first-order valence-corrected chi connectivity index (χ1v) is 5.44. The highest BCUT2D eigenvalue weighted by molar-refractivity contribution is 5.87. The number of rotatable bonds is 3. The van der Waals surface area contributed by atoms with Crippen molar-refractivity contribution in [3.63, 3.8) is 0 Å². The van der Waals surface area contributed by atoms with Crippen molar-refractivity contribution in [2.75, 3.05) is 13.1 Å². The van der Waals surface area contributed by atoms with Crippen LogP contribution in [0.5, 0.6) is 0 Å². The summed E-state index contributed by atoms with van der Waals surface area (Å²) in [6.45, 7) is 1.91. The lowest BCUT2D eigenvalue weighted by molar-refractivity contribution is 0.693. The fourth-order valence-corrected chi connectivity index (χ4v) is 1.76. The van der Waals surface area contributed by atoms with Gasteiger partial charge in [-0.3, -0.25) is 4.99 Å². The van der Waals surface area contributed by atoms with Crippen molar-refractivity contribution >= 4 is 5.84 Å². The second kappa shape index (κ2) is 4.94. The van der Waals surface area contributed by atoms with E-state index in [-0.39, 0.29) is 6.04 Å². The van der Waals surface area contributed by atoms with Crippen LogP contribution >= 0.6 is 0 Å². The molecule has 0 bridgehead atoms. The summed E-state index contributed by atoms with van der Waals surface area (Å²) in [4.78, 5) is 4.41. The van der Waals surface area contributed by atoms with Crippen LogP contribution in [-0.2, 0) is 6.42 Å². The first kappa shape index (κ1) is 10.2. The molecule has 1 heterocycles. The Morgan fingerprint density at radius 2 is 2.13 bits per heavy atom. The maximum Gasteiger partial charge on any atom is 0.114 e. The van der Waals surface area contributed by atoms with Gasteiger partial charge in [0.2, 0.25) is 0 Å². The van der Waals surface area contributed by atoms with E-state index in [0.29, 0.717) is 0 Å². The minimum absolute atomic E-state index is 0.00713. The number of amidine groups is 1. The van der Waals surface area contributed by atoms with Gasteiger partial charge >= 0.3 is 0 Å². The molecule has 0 radical (unpaired) electrons. The van der Waals surface area contributed by atoms with Crippen LogP contribution < -0.4 is 11.1 Å². The molecule has 80 valence electrons. The summed E-state index contributed by atoms with van der Waals surface area (Å²) in [5, 5.41) is 3.26. The topological polar surface area (TPSA) is 50.4 Å². The van der Waals surface area contributed by atoms with E-state index in [9.17, 15) is 0 Å². The molecule has 0 saturated heterocycles. The average Bonchev–Trinajstić information content (AvgIpc) is 2.31. The van der Waals surface area contributed by atoms with Gasteiger partial charge in [-0.1, -0.05) is 30.3 Å². The fraction of sp³-hybridized carbons (Fsp3) is 0.417. The molecule has 0 aliphatic carbocycles. The summed E-state index contributed by atoms with van der Waals surface area (Å²) < 4.78 is 0. The lowest BCUT2D eigenvalue weighted by Crippen LogP contribution is -2.44. The highest BCUT2D eigenvalue weighted by Crippen LogP contribution is 2.03. The number of hydrogen-bond acceptors (Lipinski definition) is 3. The third kappa shape index (κ3) is 2.80. The van der Waals surface area contributed by atoms with Gasteiger partial charge in [0.05, 0.1) is 6.04 Å². The highest BCUT2D eigenvalue weighted by Gasteiger charge is 2.13. The first-order chi connectivity index (χ1) is 7.36. The molecule has 0 aromatic heterocycles. The fourth-order valence-electron chi connectivity index (χ4n) is 1.76. The van der Waals surface area contributed by atoms with E-state index in [2.05, 4.69) is 22.4 Å². The second-order valence-corrected chi connectivity index (χ2v) is 3.84. The van der Waals surface area contributed by atoms with Crippen LogP contribution in [0.15, 0.2) is 35.3 Å². The zero-order valence-corrected chi connectivity index (χ0v) is 8.82. The summed E-state index contributed by atoms with van der Waals surface area (Å²) >= 11 is 0. The lowest BCUT2D eigenvalue weighted by atomic mass is 10.1. The van der Waals surface area contributed by atoms with Gasteiger partial charge in [0.25, 0.3) is 0 Å². The van der Waals surface area contributed by atoms with E-state index in [1.54, 1.807) is 0 Å². The van der Waals surface area contributed by atoms with Crippen molar-refractivity contribution in [1.29, 1.82) is 0 Å². The third-order valence-electron chi connectivity index (χ3n) is 2.57. The van der Waals surface area contributed by atoms with E-state index in [1.165, 1.54) is 5.56 Å². The van der Waals surface area contributed by atoms with Crippen LogP contribution in [0.25, 0.3) is 0 Å². The second-order valence-electron chi connectivity index (χ2n) is 3.84. The van der Waals surface area contributed by atoms with Gasteiger partial charge in [-0.15, -0.1) is 0 Å². The maximum atomic E-state index is 6.09. The molecule has 3 nitrogen and oxygen atoms in total. The molecule has 1 aromatic carbocycles. The monoisotopic (exact) mass is 203 g/mol. The van der Waals surface area contributed by atoms with Crippen molar-refractivity contribution in [3.05, 3.63) is 35.9 Å². The molecule has 2 rings (SSSR count). The van der Waals surface area contributed by atoms with Gasteiger partial charge in [-0.05, 0) is 18.4 Å². The minimum atomic E-state index is 0.00713. The smallest absolute Gasteiger partial charge is 0.114 e. The Bertz CT molecular complexity index is 332. The SMILES string of the molecule is NC(Cc1ccccc1)C1=NCCCN1. The Labute approximate surface area is 90.4 Å². The Morgan fingerprint density at radius 1 is 1.33 bits per heavy atom. The lowest BCUT2D eigenvalue weighted by Gasteiger charge is -2.20. The zero-order valence-electron chi connectivity index (χ0n) is 8.82. The van der Waals surface area contributed by atoms with Gasteiger partial charge in [0.15, 0.2) is 0 Å². The Hall–Kier alpha value is -1.35. The van der Waals surface area contributed by atoms with Crippen molar-refractivity contribution in [1.82, 2.24) is 5.32 Å². The molecule has 1 aromatic rings. The quantitative estimate of drug-likeness (QED) is 0.768. The number of aliphatic imine (C=N–C) groups is 1. The van der Waals surface area contributed by atoms with E-state index < -0.39 is 0 Å². The number of nitrogens with two attached hydrogens (primary N) is 1. The van der Waals surface area contributed by atoms with Crippen LogP contribution in [0.2, 0.25) is 0 Å². The van der Waals surface area contributed by atoms with Gasteiger partial charge in [0.1, 0.15) is 5.84 Å². The Kier molecular flexibility index (Phi) is 3.35. The molecule has 0 spiro atoms. The van der Waals surface area contributed by atoms with Crippen molar-refractivity contribution in [2.45, 2.75) is 18.9 Å². The molecule has 3 N–H and O–H groups in total. The van der Waals surface area contributed by atoms with Crippen molar-refractivity contribution in [2.24, 2.45) is 10.7 Å². The van der Waals surface area contributed by atoms with Crippen molar-refractivity contribution in [3.8, 4) is 0 Å². The summed E-state index contributed by atoms with van der Waals surface area (Å²) in [5.74, 6) is 0.963. The van der Waals surface area contributed by atoms with Gasteiger partial charge in [-0.25, -0.2) is 0 Å². The van der Waals surface area contributed by atoms with Crippen LogP contribution in [-0.4, -0.2) is 25.0 Å². The molecule has 1 aliphatic rings. The van der Waals surface area contributed by atoms with E-state index in [4.69, 9.17) is 5.73 Å². The summed E-state index contributed by atoms with van der Waals surface area (Å²) in [5.41, 5.74) is 7.35. The summed E-state index contributed by atoms with van der Waals surface area (Å²) in [6, 6.07) is 10.3. The largest absolute Gasteiger partial charge is 0.372 e. The highest BCUT2D eigenvalue weighted by atomic mass is 15.0. The molecule has 1 aliphatic heterocycles. The molecule has 0 fully saturated rings. The molecule has 3 heteroatoms. The summed E-state index contributed by atoms with van der Waals surface area (Å²) in [7, 11) is 0. The number of nitrogens with zero attached hydrogens (tertiary/aromatic N) is 1. The van der Waals surface area contributed by atoms with E-state index in [0.717, 1.165) is 31.8 Å².